The van der Waals surface area contributed by atoms with Crippen molar-refractivity contribution in [1.29, 1.82) is 0 Å². The zero-order valence-electron chi connectivity index (χ0n) is 12.0. The van der Waals surface area contributed by atoms with E-state index >= 15 is 0 Å². The molecule has 0 atom stereocenters. The molecule has 0 bridgehead atoms. The Kier molecular flexibility index (Phi) is 5.05. The van der Waals surface area contributed by atoms with E-state index in [-0.39, 0.29) is 5.91 Å². The summed E-state index contributed by atoms with van der Waals surface area (Å²) in [5.41, 5.74) is 3.48. The number of carbonyl (C=O) groups excluding carboxylic acids is 1. The van der Waals surface area contributed by atoms with Crippen LogP contribution >= 0.6 is 27.3 Å². The van der Waals surface area contributed by atoms with Gasteiger partial charge in [-0.2, -0.15) is 5.10 Å². The van der Waals surface area contributed by atoms with Crippen LogP contribution in [-0.4, -0.2) is 12.1 Å². The molecule has 0 aliphatic heterocycles. The third-order valence-corrected chi connectivity index (χ3v) is 4.46. The van der Waals surface area contributed by atoms with Crippen molar-refractivity contribution >= 4 is 39.4 Å². The molecule has 6 heteroatoms. The van der Waals surface area contributed by atoms with Crippen molar-refractivity contribution in [2.24, 2.45) is 5.10 Å². The van der Waals surface area contributed by atoms with E-state index in [0.717, 1.165) is 20.7 Å². The second kappa shape index (κ2) is 7.39. The van der Waals surface area contributed by atoms with Crippen LogP contribution in [0.2, 0.25) is 0 Å². The lowest BCUT2D eigenvalue weighted by atomic mass is 10.2. The summed E-state index contributed by atoms with van der Waals surface area (Å²) in [7, 11) is 0. The number of rotatable bonds is 5. The van der Waals surface area contributed by atoms with Crippen molar-refractivity contribution in [1.82, 2.24) is 5.43 Å². The summed E-state index contributed by atoms with van der Waals surface area (Å²) in [5.74, 6) is 1.19. The lowest BCUT2D eigenvalue weighted by Gasteiger charge is -1.97. The summed E-state index contributed by atoms with van der Waals surface area (Å²) >= 11 is 4.95. The average molecular weight is 389 g/mol. The normalized spacial score (nSPS) is 11.0. The van der Waals surface area contributed by atoms with Crippen LogP contribution in [0.5, 0.6) is 0 Å². The summed E-state index contributed by atoms with van der Waals surface area (Å²) in [6.45, 7) is 0. The average Bonchev–Trinajstić information content (AvgIpc) is 3.20. The van der Waals surface area contributed by atoms with Crippen LogP contribution in [0.4, 0.5) is 0 Å². The van der Waals surface area contributed by atoms with Crippen LogP contribution in [0.25, 0.3) is 11.3 Å². The topological polar surface area (TPSA) is 54.6 Å². The maximum Gasteiger partial charge on any atom is 0.245 e. The van der Waals surface area contributed by atoms with E-state index in [1.807, 2.05) is 53.9 Å². The third-order valence-electron chi connectivity index (χ3n) is 3.05. The zero-order chi connectivity index (χ0) is 16.1. The number of hydrogen-bond acceptors (Lipinski definition) is 4. The van der Waals surface area contributed by atoms with Crippen LogP contribution in [0, 0.1) is 0 Å². The Labute approximate surface area is 146 Å². The molecule has 0 aliphatic carbocycles. The number of furan rings is 1. The summed E-state index contributed by atoms with van der Waals surface area (Å²) in [5, 5.41) is 5.86. The third kappa shape index (κ3) is 4.40. The highest BCUT2D eigenvalue weighted by Crippen LogP contribution is 2.23. The Bertz CT molecular complexity index is 808. The number of thiophene rings is 1. The Morgan fingerprint density at radius 3 is 2.78 bits per heavy atom. The lowest BCUT2D eigenvalue weighted by Crippen LogP contribution is -2.19. The van der Waals surface area contributed by atoms with Crippen LogP contribution < -0.4 is 5.43 Å². The van der Waals surface area contributed by atoms with E-state index in [1.165, 1.54) is 6.21 Å². The number of benzene rings is 1. The van der Waals surface area contributed by atoms with E-state index in [0.29, 0.717) is 12.2 Å². The second-order valence-electron chi connectivity index (χ2n) is 4.76. The van der Waals surface area contributed by atoms with Gasteiger partial charge in [-0.25, -0.2) is 5.43 Å². The zero-order valence-corrected chi connectivity index (χ0v) is 14.4. The number of hydrogen-bond donors (Lipinski definition) is 1. The van der Waals surface area contributed by atoms with Gasteiger partial charge in [-0.15, -0.1) is 11.3 Å². The van der Waals surface area contributed by atoms with E-state index in [2.05, 4.69) is 26.5 Å². The minimum atomic E-state index is -0.150. The first-order valence-electron chi connectivity index (χ1n) is 6.91. The maximum absolute atomic E-state index is 11.7. The quantitative estimate of drug-likeness (QED) is 0.517. The van der Waals surface area contributed by atoms with Crippen molar-refractivity contribution in [3.8, 4) is 11.3 Å². The van der Waals surface area contributed by atoms with Gasteiger partial charge in [0, 0.05) is 14.9 Å². The van der Waals surface area contributed by atoms with Gasteiger partial charge in [0.05, 0.1) is 12.6 Å². The van der Waals surface area contributed by atoms with Crippen molar-refractivity contribution in [2.75, 3.05) is 0 Å². The Morgan fingerprint density at radius 2 is 2.04 bits per heavy atom. The van der Waals surface area contributed by atoms with E-state index in [4.69, 9.17) is 4.42 Å². The Morgan fingerprint density at radius 1 is 1.22 bits per heavy atom. The molecule has 0 fully saturated rings. The Balaban J connectivity index is 1.58. The predicted octanol–water partition coefficient (Wildman–Crippen LogP) is 4.46. The van der Waals surface area contributed by atoms with E-state index < -0.39 is 0 Å². The smallest absolute Gasteiger partial charge is 0.245 e. The van der Waals surface area contributed by atoms with Gasteiger partial charge >= 0.3 is 0 Å². The fraction of sp³-hybridized carbons (Fsp3) is 0.0588. The maximum atomic E-state index is 11.7. The molecule has 0 radical (unpaired) electrons. The monoisotopic (exact) mass is 388 g/mol. The van der Waals surface area contributed by atoms with Crippen molar-refractivity contribution < 1.29 is 9.21 Å². The van der Waals surface area contributed by atoms with Gasteiger partial charge in [0.1, 0.15) is 11.5 Å². The number of amides is 1. The van der Waals surface area contributed by atoms with Gasteiger partial charge in [-0.3, -0.25) is 4.79 Å². The van der Waals surface area contributed by atoms with Crippen molar-refractivity contribution in [3.05, 3.63) is 69.0 Å². The molecule has 2 heterocycles. The second-order valence-corrected chi connectivity index (χ2v) is 6.71. The minimum Gasteiger partial charge on any atom is -0.455 e. The highest BCUT2D eigenvalue weighted by atomic mass is 79.9. The van der Waals surface area contributed by atoms with Crippen LogP contribution in [0.15, 0.2) is 67.9 Å². The molecule has 0 saturated heterocycles. The van der Waals surface area contributed by atoms with Gasteiger partial charge in [-0.1, -0.05) is 34.1 Å². The fourth-order valence-corrected chi connectivity index (χ4v) is 2.94. The van der Waals surface area contributed by atoms with Gasteiger partial charge in [0.25, 0.3) is 0 Å². The number of nitrogens with zero attached hydrogens (tertiary/aromatic N) is 1. The number of nitrogens with one attached hydrogen (secondary N) is 1. The summed E-state index contributed by atoms with van der Waals surface area (Å²) in [6.07, 6.45) is 1.83. The summed E-state index contributed by atoms with van der Waals surface area (Å²) in [4.78, 5) is 12.7. The van der Waals surface area contributed by atoms with Gasteiger partial charge in [-0.05, 0) is 35.7 Å². The van der Waals surface area contributed by atoms with Crippen molar-refractivity contribution in [2.45, 2.75) is 6.42 Å². The van der Waals surface area contributed by atoms with Crippen LogP contribution in [-0.2, 0) is 11.2 Å². The van der Waals surface area contributed by atoms with Gasteiger partial charge < -0.3 is 4.42 Å². The molecular weight excluding hydrogens is 376 g/mol. The molecule has 1 N–H and O–H groups in total. The number of halogens is 1. The number of carbonyl (C=O) groups is 1. The first kappa shape index (κ1) is 15.7. The molecule has 3 aromatic rings. The van der Waals surface area contributed by atoms with Crippen molar-refractivity contribution in [3.63, 3.8) is 0 Å². The first-order chi connectivity index (χ1) is 11.2. The molecule has 4 nitrogen and oxygen atoms in total. The molecule has 0 spiro atoms. The minimum absolute atomic E-state index is 0.150. The standard InChI is InChI=1S/C17H13BrN2O2S/c18-13-5-3-12(4-6-13)16-8-7-14(22-16)11-19-20-17(21)10-15-2-1-9-23-15/h1-9,11H,10H2,(H,20,21). The molecule has 1 aromatic carbocycles. The van der Waals surface area contributed by atoms with Gasteiger partial charge in [0.2, 0.25) is 5.91 Å². The molecule has 0 saturated carbocycles. The summed E-state index contributed by atoms with van der Waals surface area (Å²) in [6, 6.07) is 15.4. The summed E-state index contributed by atoms with van der Waals surface area (Å²) < 4.78 is 6.70. The molecule has 0 unspecified atom stereocenters. The largest absolute Gasteiger partial charge is 0.455 e. The van der Waals surface area contributed by atoms with E-state index in [9.17, 15) is 4.79 Å². The number of hydrazone groups is 1. The fourth-order valence-electron chi connectivity index (χ4n) is 1.97. The molecular formula is C17H13BrN2O2S. The molecule has 116 valence electrons. The molecule has 2 aromatic heterocycles. The molecule has 1 amide bonds. The highest BCUT2D eigenvalue weighted by Gasteiger charge is 2.04. The molecule has 0 aliphatic rings. The predicted molar refractivity (Wildman–Crippen MR) is 95.6 cm³/mol. The Hall–Kier alpha value is -2.18. The van der Waals surface area contributed by atoms with Gasteiger partial charge in [0.15, 0.2) is 0 Å². The van der Waals surface area contributed by atoms with Crippen LogP contribution in [0.1, 0.15) is 10.6 Å². The lowest BCUT2D eigenvalue weighted by molar-refractivity contribution is -0.120. The van der Waals surface area contributed by atoms with E-state index in [1.54, 1.807) is 11.3 Å². The van der Waals surface area contributed by atoms with Crippen LogP contribution in [0.3, 0.4) is 0 Å². The first-order valence-corrected chi connectivity index (χ1v) is 8.58. The molecule has 3 rings (SSSR count). The molecule has 23 heavy (non-hydrogen) atoms. The SMILES string of the molecule is O=C(Cc1cccs1)NN=Cc1ccc(-c2ccc(Br)cc2)o1. The highest BCUT2D eigenvalue weighted by molar-refractivity contribution is 9.10.